The number of fused-ring (bicyclic) bond motifs is 1. The number of hydrogen-bond donors (Lipinski definition) is 0. The maximum atomic E-state index is 13.8. The molecular weight excluding hydrogens is 424 g/mol. The van der Waals surface area contributed by atoms with Gasteiger partial charge < -0.3 is 18.6 Å². The fourth-order valence-corrected chi connectivity index (χ4v) is 5.01. The lowest BCUT2D eigenvalue weighted by Gasteiger charge is -2.25. The van der Waals surface area contributed by atoms with Crippen LogP contribution in [0.1, 0.15) is 39.4 Å². The summed E-state index contributed by atoms with van der Waals surface area (Å²) in [6.45, 7) is 1.69. The summed E-state index contributed by atoms with van der Waals surface area (Å²) in [5, 5.41) is 1.98. The van der Waals surface area contributed by atoms with Crippen molar-refractivity contribution in [2.45, 2.75) is 32.0 Å². The van der Waals surface area contributed by atoms with E-state index in [2.05, 4.69) is 0 Å². The van der Waals surface area contributed by atoms with Crippen molar-refractivity contribution < 1.29 is 18.7 Å². The number of nitrogens with zero attached hydrogens (tertiary/aromatic N) is 2. The van der Waals surface area contributed by atoms with Gasteiger partial charge in [-0.2, -0.15) is 0 Å². The van der Waals surface area contributed by atoms with Crippen LogP contribution in [0.2, 0.25) is 0 Å². The molecule has 1 atom stereocenters. The number of amides is 1. The first-order valence-corrected chi connectivity index (χ1v) is 11.7. The van der Waals surface area contributed by atoms with Crippen molar-refractivity contribution in [2.24, 2.45) is 0 Å². The number of carbonyl (C=O) groups excluding carboxylic acids is 2. The van der Waals surface area contributed by atoms with Gasteiger partial charge in [-0.1, -0.05) is 30.3 Å². The quantitative estimate of drug-likeness (QED) is 0.356. The average molecular weight is 449 g/mol. The van der Waals surface area contributed by atoms with Gasteiger partial charge in [0.2, 0.25) is 0 Å². The van der Waals surface area contributed by atoms with Gasteiger partial charge in [0.05, 0.1) is 35.7 Å². The monoisotopic (exact) mass is 448 g/mol. The minimum Gasteiger partial charge on any atom is -0.467 e. The summed E-state index contributed by atoms with van der Waals surface area (Å²) in [4.78, 5) is 28.5. The van der Waals surface area contributed by atoms with Crippen LogP contribution in [0.15, 0.2) is 70.7 Å². The molecule has 6 nitrogen and oxygen atoms in total. The molecule has 0 aliphatic carbocycles. The summed E-state index contributed by atoms with van der Waals surface area (Å²) in [5.41, 5.74) is 2.05. The van der Waals surface area contributed by atoms with E-state index in [0.717, 1.165) is 35.4 Å². The third-order valence-electron chi connectivity index (χ3n) is 5.80. The molecule has 1 aliphatic rings. The van der Waals surface area contributed by atoms with Crippen molar-refractivity contribution in [3.8, 4) is 0 Å². The highest BCUT2D eigenvalue weighted by Crippen LogP contribution is 2.27. The lowest BCUT2D eigenvalue weighted by Crippen LogP contribution is -2.38. The number of furan rings is 1. The second-order valence-corrected chi connectivity index (χ2v) is 8.92. The SMILES string of the molecule is O=C(Cn1c(C(=O)N(Cc2ccco2)CC2CCCO2)cc2sccc21)c1ccccc1. The normalized spacial score (nSPS) is 15.9. The third kappa shape index (κ3) is 4.26. The van der Waals surface area contributed by atoms with Crippen LogP contribution in [0.4, 0.5) is 0 Å². The Morgan fingerprint density at radius 1 is 1.12 bits per heavy atom. The standard InChI is InChI=1S/C25H24N2O4S/c28-23(18-6-2-1-3-7-18)17-27-21-10-13-32-24(21)14-22(27)25(29)26(15-19-8-4-11-30-19)16-20-9-5-12-31-20/h1-4,6-8,10-11,13-14,20H,5,9,12,15-17H2. The van der Waals surface area contributed by atoms with E-state index in [-0.39, 0.29) is 24.3 Å². The van der Waals surface area contributed by atoms with E-state index >= 15 is 0 Å². The molecule has 0 spiro atoms. The number of carbonyl (C=O) groups is 2. The van der Waals surface area contributed by atoms with E-state index in [9.17, 15) is 9.59 Å². The summed E-state index contributed by atoms with van der Waals surface area (Å²) in [5.74, 6) is 0.567. The summed E-state index contributed by atoms with van der Waals surface area (Å²) < 4.78 is 14.2. The van der Waals surface area contributed by atoms with Crippen molar-refractivity contribution in [1.29, 1.82) is 0 Å². The molecule has 3 aromatic heterocycles. The Morgan fingerprint density at radius 3 is 2.75 bits per heavy atom. The Labute approximate surface area is 190 Å². The molecule has 32 heavy (non-hydrogen) atoms. The van der Waals surface area contributed by atoms with Crippen LogP contribution < -0.4 is 0 Å². The number of rotatable bonds is 8. The fourth-order valence-electron chi connectivity index (χ4n) is 4.19. The van der Waals surface area contributed by atoms with Crippen LogP contribution in [-0.2, 0) is 17.8 Å². The lowest BCUT2D eigenvalue weighted by molar-refractivity contribution is 0.0484. The Morgan fingerprint density at radius 2 is 2.00 bits per heavy atom. The van der Waals surface area contributed by atoms with Gasteiger partial charge in [-0.15, -0.1) is 11.3 Å². The molecule has 1 amide bonds. The highest BCUT2D eigenvalue weighted by molar-refractivity contribution is 7.17. The van der Waals surface area contributed by atoms with Crippen molar-refractivity contribution in [3.63, 3.8) is 0 Å². The zero-order valence-corrected chi connectivity index (χ0v) is 18.4. The van der Waals surface area contributed by atoms with Crippen LogP contribution in [0, 0.1) is 0 Å². The molecule has 0 saturated carbocycles. The minimum absolute atomic E-state index is 0.0180. The second kappa shape index (κ2) is 9.14. The van der Waals surface area contributed by atoms with E-state index in [4.69, 9.17) is 9.15 Å². The highest BCUT2D eigenvalue weighted by Gasteiger charge is 2.28. The van der Waals surface area contributed by atoms with Crippen molar-refractivity contribution in [2.75, 3.05) is 13.2 Å². The molecule has 0 radical (unpaired) electrons. The molecule has 4 aromatic rings. The van der Waals surface area contributed by atoms with Gasteiger partial charge in [0.15, 0.2) is 5.78 Å². The number of aromatic nitrogens is 1. The van der Waals surface area contributed by atoms with Gasteiger partial charge >= 0.3 is 0 Å². The average Bonchev–Trinajstić information content (AvgIpc) is 3.61. The number of Topliss-reactive ketones (excluding diaryl/α,β-unsaturated/α-hetero) is 1. The van der Waals surface area contributed by atoms with Crippen LogP contribution in [-0.4, -0.2) is 40.4 Å². The number of thiophene rings is 1. The molecule has 1 aliphatic heterocycles. The van der Waals surface area contributed by atoms with Gasteiger partial charge in [-0.05, 0) is 42.5 Å². The molecule has 1 aromatic carbocycles. The Hall–Kier alpha value is -3.16. The molecule has 164 valence electrons. The Balaban J connectivity index is 1.47. The van der Waals surface area contributed by atoms with Crippen LogP contribution >= 0.6 is 11.3 Å². The molecule has 1 saturated heterocycles. The number of ketones is 1. The van der Waals surface area contributed by atoms with Crippen molar-refractivity contribution >= 4 is 33.2 Å². The molecule has 5 rings (SSSR count). The van der Waals surface area contributed by atoms with E-state index in [1.165, 1.54) is 0 Å². The van der Waals surface area contributed by atoms with Crippen molar-refractivity contribution in [3.05, 3.63) is 83.3 Å². The predicted octanol–water partition coefficient (Wildman–Crippen LogP) is 5.00. The van der Waals surface area contributed by atoms with Crippen molar-refractivity contribution in [1.82, 2.24) is 9.47 Å². The Kier molecular flexibility index (Phi) is 5.92. The molecule has 7 heteroatoms. The number of benzene rings is 1. The molecule has 0 N–H and O–H groups in total. The highest BCUT2D eigenvalue weighted by atomic mass is 32.1. The van der Waals surface area contributed by atoms with Gasteiger partial charge in [0.25, 0.3) is 5.91 Å². The summed E-state index contributed by atoms with van der Waals surface area (Å²) in [7, 11) is 0. The first-order chi connectivity index (χ1) is 15.7. The molecule has 1 fully saturated rings. The maximum Gasteiger partial charge on any atom is 0.271 e. The van der Waals surface area contributed by atoms with Crippen LogP contribution in [0.3, 0.4) is 0 Å². The van der Waals surface area contributed by atoms with E-state index in [1.807, 2.05) is 52.4 Å². The molecule has 4 heterocycles. The summed E-state index contributed by atoms with van der Waals surface area (Å²) in [6.07, 6.45) is 3.57. The van der Waals surface area contributed by atoms with Gasteiger partial charge in [-0.25, -0.2) is 0 Å². The number of ether oxygens (including phenoxy) is 1. The first kappa shape index (κ1) is 20.7. The molecule has 0 bridgehead atoms. The van der Waals surface area contributed by atoms with Gasteiger partial charge in [0, 0.05) is 18.7 Å². The second-order valence-electron chi connectivity index (χ2n) is 7.98. The predicted molar refractivity (Wildman–Crippen MR) is 123 cm³/mol. The number of hydrogen-bond acceptors (Lipinski definition) is 5. The zero-order valence-electron chi connectivity index (χ0n) is 17.6. The van der Waals surface area contributed by atoms with E-state index < -0.39 is 0 Å². The summed E-state index contributed by atoms with van der Waals surface area (Å²) >= 11 is 1.57. The van der Waals surface area contributed by atoms with Gasteiger partial charge in [0.1, 0.15) is 11.5 Å². The topological polar surface area (TPSA) is 64.7 Å². The van der Waals surface area contributed by atoms with Crippen LogP contribution in [0.5, 0.6) is 0 Å². The maximum absolute atomic E-state index is 13.8. The zero-order chi connectivity index (χ0) is 21.9. The molecular formula is C25H24N2O4S. The fraction of sp³-hybridized carbons (Fsp3) is 0.280. The third-order valence-corrected chi connectivity index (χ3v) is 6.65. The Bertz CT molecular complexity index is 1200. The summed E-state index contributed by atoms with van der Waals surface area (Å²) in [6, 6.07) is 16.7. The molecule has 1 unspecified atom stereocenters. The van der Waals surface area contributed by atoms with E-state index in [0.29, 0.717) is 24.3 Å². The lowest BCUT2D eigenvalue weighted by atomic mass is 10.1. The largest absolute Gasteiger partial charge is 0.467 e. The van der Waals surface area contributed by atoms with E-state index in [1.54, 1.807) is 34.6 Å². The smallest absolute Gasteiger partial charge is 0.271 e. The first-order valence-electron chi connectivity index (χ1n) is 10.8. The van der Waals surface area contributed by atoms with Gasteiger partial charge in [-0.3, -0.25) is 9.59 Å². The van der Waals surface area contributed by atoms with Crippen LogP contribution in [0.25, 0.3) is 10.2 Å². The minimum atomic E-state index is -0.124.